The van der Waals surface area contributed by atoms with Gasteiger partial charge in [-0.3, -0.25) is 4.79 Å². The van der Waals surface area contributed by atoms with Gasteiger partial charge in [0.15, 0.2) is 6.61 Å². The maximum atomic E-state index is 12.0. The minimum atomic E-state index is -0.446. The molecule has 1 aromatic carbocycles. The average molecular weight is 404 g/mol. The summed E-state index contributed by atoms with van der Waals surface area (Å²) in [4.78, 5) is 14.2. The second-order valence-electron chi connectivity index (χ2n) is 8.93. The van der Waals surface area contributed by atoms with Crippen molar-refractivity contribution in [3.8, 4) is 5.75 Å². The van der Waals surface area contributed by atoms with E-state index in [1.165, 1.54) is 0 Å². The summed E-state index contributed by atoms with van der Waals surface area (Å²) < 4.78 is 23.8. The number of carbonyl (C=O) groups is 1. The molecule has 1 aromatic rings. The lowest BCUT2D eigenvalue weighted by Gasteiger charge is -2.32. The Morgan fingerprint density at radius 3 is 2.38 bits per heavy atom. The van der Waals surface area contributed by atoms with E-state index in [0.29, 0.717) is 19.0 Å². The molecule has 0 unspecified atom stereocenters. The van der Waals surface area contributed by atoms with E-state index in [-0.39, 0.29) is 18.6 Å². The lowest BCUT2D eigenvalue weighted by Crippen LogP contribution is -2.41. The van der Waals surface area contributed by atoms with Crippen LogP contribution in [0, 0.1) is 0 Å². The number of benzene rings is 1. The number of morpholine rings is 1. The van der Waals surface area contributed by atoms with Crippen molar-refractivity contribution in [1.82, 2.24) is 5.32 Å². The topological polar surface area (TPSA) is 69.3 Å². The van der Waals surface area contributed by atoms with Crippen molar-refractivity contribution < 1.29 is 23.6 Å². The molecular formula is C21H33BN2O5. The van der Waals surface area contributed by atoms with E-state index in [1.807, 2.05) is 59.7 Å². The van der Waals surface area contributed by atoms with Gasteiger partial charge in [-0.25, -0.2) is 0 Å². The lowest BCUT2D eigenvalue weighted by atomic mass is 9.78. The summed E-state index contributed by atoms with van der Waals surface area (Å²) in [5.41, 5.74) is 1.06. The van der Waals surface area contributed by atoms with Crippen molar-refractivity contribution in [1.29, 1.82) is 0 Å². The van der Waals surface area contributed by atoms with Gasteiger partial charge in [0, 0.05) is 19.1 Å². The summed E-state index contributed by atoms with van der Waals surface area (Å²) in [6.45, 7) is 14.9. The minimum absolute atomic E-state index is 0.0225. The summed E-state index contributed by atoms with van der Waals surface area (Å²) >= 11 is 0. The van der Waals surface area contributed by atoms with Gasteiger partial charge in [-0.1, -0.05) is 6.07 Å². The van der Waals surface area contributed by atoms with Crippen LogP contribution in [-0.4, -0.2) is 63.2 Å². The van der Waals surface area contributed by atoms with Gasteiger partial charge >= 0.3 is 7.12 Å². The summed E-state index contributed by atoms with van der Waals surface area (Å²) in [6, 6.07) is 5.97. The van der Waals surface area contributed by atoms with Crippen LogP contribution in [-0.2, 0) is 18.8 Å². The fraction of sp³-hybridized carbons (Fsp3) is 0.667. The maximum Gasteiger partial charge on any atom is 0.494 e. The van der Waals surface area contributed by atoms with Crippen LogP contribution in [0.1, 0.15) is 41.5 Å². The molecule has 2 saturated heterocycles. The van der Waals surface area contributed by atoms with Crippen LogP contribution in [0.4, 0.5) is 5.69 Å². The van der Waals surface area contributed by atoms with Crippen LogP contribution in [0.25, 0.3) is 0 Å². The van der Waals surface area contributed by atoms with Gasteiger partial charge in [-0.2, -0.15) is 0 Å². The predicted octanol–water partition coefficient (Wildman–Crippen LogP) is 1.73. The Kier molecular flexibility index (Phi) is 6.46. The third-order valence-corrected chi connectivity index (χ3v) is 5.67. The number of ether oxygens (including phenoxy) is 2. The molecule has 0 radical (unpaired) electrons. The smallest absolute Gasteiger partial charge is 0.482 e. The number of amides is 1. The standard InChI is InChI=1S/C21H33BN2O5/c1-15(2)23-19(25)14-27-18-8-7-16(13-17(18)24-9-11-26-12-10-24)22-28-20(3,4)21(5,6)29-22/h7-8,13,15H,9-12,14H2,1-6H3,(H,23,25). The molecular weight excluding hydrogens is 371 g/mol. The van der Waals surface area contributed by atoms with E-state index in [1.54, 1.807) is 0 Å². The molecule has 1 amide bonds. The molecule has 0 bridgehead atoms. The molecule has 2 aliphatic rings. The van der Waals surface area contributed by atoms with Crippen molar-refractivity contribution in [2.45, 2.75) is 58.8 Å². The van der Waals surface area contributed by atoms with Crippen LogP contribution in [0.3, 0.4) is 0 Å². The highest BCUT2D eigenvalue weighted by atomic mass is 16.7. The molecule has 7 nitrogen and oxygen atoms in total. The summed E-state index contributed by atoms with van der Waals surface area (Å²) in [7, 11) is -0.446. The summed E-state index contributed by atoms with van der Waals surface area (Å²) in [5, 5.41) is 2.85. The Morgan fingerprint density at radius 2 is 1.79 bits per heavy atom. The van der Waals surface area contributed by atoms with Crippen molar-refractivity contribution in [3.05, 3.63) is 18.2 Å². The lowest BCUT2D eigenvalue weighted by molar-refractivity contribution is -0.123. The van der Waals surface area contributed by atoms with E-state index >= 15 is 0 Å². The number of carbonyl (C=O) groups excluding carboxylic acids is 1. The summed E-state index contributed by atoms with van der Waals surface area (Å²) in [5.74, 6) is 0.536. The molecule has 0 saturated carbocycles. The first-order valence-corrected chi connectivity index (χ1v) is 10.3. The Balaban J connectivity index is 1.83. The predicted molar refractivity (Wildman–Crippen MR) is 114 cm³/mol. The van der Waals surface area contributed by atoms with Gasteiger partial charge in [0.25, 0.3) is 5.91 Å². The van der Waals surface area contributed by atoms with E-state index in [4.69, 9.17) is 18.8 Å². The first kappa shape index (κ1) is 21.9. The monoisotopic (exact) mass is 404 g/mol. The Morgan fingerprint density at radius 1 is 1.17 bits per heavy atom. The first-order valence-electron chi connectivity index (χ1n) is 10.3. The molecule has 8 heteroatoms. The number of anilines is 1. The Hall–Kier alpha value is -1.77. The Labute approximate surface area is 174 Å². The fourth-order valence-corrected chi connectivity index (χ4v) is 3.34. The molecule has 0 aliphatic carbocycles. The van der Waals surface area contributed by atoms with Crippen molar-refractivity contribution in [3.63, 3.8) is 0 Å². The molecule has 29 heavy (non-hydrogen) atoms. The maximum absolute atomic E-state index is 12.0. The van der Waals surface area contributed by atoms with Crippen LogP contribution in [0.2, 0.25) is 0 Å². The highest BCUT2D eigenvalue weighted by Crippen LogP contribution is 2.37. The highest BCUT2D eigenvalue weighted by molar-refractivity contribution is 6.62. The molecule has 0 atom stereocenters. The third-order valence-electron chi connectivity index (χ3n) is 5.67. The number of hydrogen-bond donors (Lipinski definition) is 1. The van der Waals surface area contributed by atoms with Gasteiger partial charge in [-0.15, -0.1) is 0 Å². The zero-order valence-corrected chi connectivity index (χ0v) is 18.4. The van der Waals surface area contributed by atoms with Crippen LogP contribution < -0.4 is 20.4 Å². The van der Waals surface area contributed by atoms with Gasteiger partial charge < -0.3 is 29.0 Å². The molecule has 2 aliphatic heterocycles. The van der Waals surface area contributed by atoms with Gasteiger partial charge in [0.2, 0.25) is 0 Å². The van der Waals surface area contributed by atoms with Crippen LogP contribution in [0.5, 0.6) is 5.75 Å². The van der Waals surface area contributed by atoms with Gasteiger partial charge in [0.05, 0.1) is 30.1 Å². The zero-order chi connectivity index (χ0) is 21.2. The third kappa shape index (κ3) is 5.05. The number of nitrogens with one attached hydrogen (secondary N) is 1. The normalized spacial score (nSPS) is 20.8. The molecule has 2 heterocycles. The SMILES string of the molecule is CC(C)NC(=O)COc1ccc(B2OC(C)(C)C(C)(C)O2)cc1N1CCOCC1. The highest BCUT2D eigenvalue weighted by Gasteiger charge is 2.51. The molecule has 0 aromatic heterocycles. The molecule has 1 N–H and O–H groups in total. The first-order chi connectivity index (χ1) is 13.6. The largest absolute Gasteiger partial charge is 0.494 e. The van der Waals surface area contributed by atoms with Crippen molar-refractivity contribution in [2.24, 2.45) is 0 Å². The second-order valence-corrected chi connectivity index (χ2v) is 8.93. The minimum Gasteiger partial charge on any atom is -0.482 e. The van der Waals surface area contributed by atoms with E-state index in [2.05, 4.69) is 10.2 Å². The molecule has 0 spiro atoms. The Bertz CT molecular complexity index is 716. The van der Waals surface area contributed by atoms with Gasteiger partial charge in [0.1, 0.15) is 5.75 Å². The second kappa shape index (κ2) is 8.54. The van der Waals surface area contributed by atoms with Crippen molar-refractivity contribution in [2.75, 3.05) is 37.8 Å². The van der Waals surface area contributed by atoms with Crippen LogP contribution in [0.15, 0.2) is 18.2 Å². The van der Waals surface area contributed by atoms with Crippen LogP contribution >= 0.6 is 0 Å². The zero-order valence-electron chi connectivity index (χ0n) is 18.4. The quantitative estimate of drug-likeness (QED) is 0.729. The fourth-order valence-electron chi connectivity index (χ4n) is 3.34. The molecule has 160 valence electrons. The van der Waals surface area contributed by atoms with E-state index in [0.717, 1.165) is 24.2 Å². The molecule has 3 rings (SSSR count). The number of nitrogens with zero attached hydrogens (tertiary/aromatic N) is 1. The molecule has 2 fully saturated rings. The van der Waals surface area contributed by atoms with E-state index < -0.39 is 18.3 Å². The summed E-state index contributed by atoms with van der Waals surface area (Å²) in [6.07, 6.45) is 0. The van der Waals surface area contributed by atoms with Crippen molar-refractivity contribution >= 4 is 24.2 Å². The number of rotatable bonds is 6. The number of hydrogen-bond acceptors (Lipinski definition) is 6. The average Bonchev–Trinajstić information content (AvgIpc) is 2.87. The van der Waals surface area contributed by atoms with Gasteiger partial charge in [-0.05, 0) is 59.1 Å². The van der Waals surface area contributed by atoms with E-state index in [9.17, 15) is 4.79 Å².